The Morgan fingerprint density at radius 2 is 2.09 bits per heavy atom. The minimum absolute atomic E-state index is 0.122. The second-order valence-electron chi connectivity index (χ2n) is 4.87. The lowest BCUT2D eigenvalue weighted by Crippen LogP contribution is -2.15. The van der Waals surface area contributed by atoms with Gasteiger partial charge < -0.3 is 10.1 Å². The van der Waals surface area contributed by atoms with Crippen LogP contribution in [0.5, 0.6) is 5.75 Å². The molecule has 1 unspecified atom stereocenters. The molecule has 122 valence electrons. The Kier molecular flexibility index (Phi) is 6.30. The van der Waals surface area contributed by atoms with Crippen LogP contribution in [0, 0.1) is 5.82 Å². The highest BCUT2D eigenvalue weighted by Gasteiger charge is 2.14. The first kappa shape index (κ1) is 17.6. The third kappa shape index (κ3) is 4.88. The number of hydrogen-bond donors (Lipinski definition) is 1. The largest absolute Gasteiger partial charge is 0.495 e. The number of thioether (sulfide) groups is 1. The highest BCUT2D eigenvalue weighted by molar-refractivity contribution is 8.00. The molecule has 2 rings (SSSR count). The molecule has 0 aliphatic heterocycles. The maximum absolute atomic E-state index is 13.7. The number of hydrogen-bond acceptors (Lipinski definition) is 3. The molecule has 0 saturated carbocycles. The average Bonchev–Trinajstić information content (AvgIpc) is 2.53. The minimum atomic E-state index is -0.260. The summed E-state index contributed by atoms with van der Waals surface area (Å²) in [5.74, 6) is 0.281. The molecule has 3 nitrogen and oxygen atoms in total. The fourth-order valence-electron chi connectivity index (χ4n) is 2.06. The van der Waals surface area contributed by atoms with E-state index >= 15 is 0 Å². The summed E-state index contributed by atoms with van der Waals surface area (Å²) in [6.07, 6.45) is 0. The number of rotatable bonds is 6. The van der Waals surface area contributed by atoms with E-state index in [1.165, 1.54) is 24.9 Å². The molecule has 0 aliphatic rings. The molecular formula is C17H17ClFNO2S. The number of methoxy groups -OCH3 is 1. The zero-order chi connectivity index (χ0) is 16.8. The van der Waals surface area contributed by atoms with Crippen molar-refractivity contribution in [2.45, 2.75) is 12.2 Å². The smallest absolute Gasteiger partial charge is 0.234 e. The molecule has 0 bridgehead atoms. The predicted molar refractivity (Wildman–Crippen MR) is 93.9 cm³/mol. The van der Waals surface area contributed by atoms with Crippen molar-refractivity contribution in [3.63, 3.8) is 0 Å². The topological polar surface area (TPSA) is 38.3 Å². The van der Waals surface area contributed by atoms with Gasteiger partial charge in [-0.3, -0.25) is 4.79 Å². The molecule has 0 radical (unpaired) electrons. The minimum Gasteiger partial charge on any atom is -0.495 e. The number of nitrogens with one attached hydrogen (secondary N) is 1. The lowest BCUT2D eigenvalue weighted by atomic mass is 10.1. The normalized spacial score (nSPS) is 11.8. The fourth-order valence-corrected chi connectivity index (χ4v) is 3.08. The zero-order valence-electron chi connectivity index (χ0n) is 12.8. The Labute approximate surface area is 144 Å². The molecule has 1 atom stereocenters. The van der Waals surface area contributed by atoms with Crippen LogP contribution in [0.25, 0.3) is 0 Å². The first-order valence-corrected chi connectivity index (χ1v) is 8.43. The summed E-state index contributed by atoms with van der Waals surface area (Å²) in [5.41, 5.74) is 1.11. The molecule has 1 N–H and O–H groups in total. The highest BCUT2D eigenvalue weighted by Crippen LogP contribution is 2.31. The summed E-state index contributed by atoms with van der Waals surface area (Å²) >= 11 is 7.29. The average molecular weight is 354 g/mol. The number of amides is 1. The molecule has 1 amide bonds. The van der Waals surface area contributed by atoms with Gasteiger partial charge in [0.1, 0.15) is 11.6 Å². The van der Waals surface area contributed by atoms with Crippen LogP contribution < -0.4 is 10.1 Å². The molecule has 6 heteroatoms. The van der Waals surface area contributed by atoms with Crippen molar-refractivity contribution in [2.24, 2.45) is 0 Å². The molecule has 0 aliphatic carbocycles. The van der Waals surface area contributed by atoms with Crippen LogP contribution in [-0.2, 0) is 4.79 Å². The van der Waals surface area contributed by atoms with Gasteiger partial charge in [0, 0.05) is 15.8 Å². The summed E-state index contributed by atoms with van der Waals surface area (Å²) < 4.78 is 18.9. The molecule has 0 heterocycles. The lowest BCUT2D eigenvalue weighted by molar-refractivity contribution is -0.113. The van der Waals surface area contributed by atoms with Gasteiger partial charge in [0.25, 0.3) is 0 Å². The number of benzene rings is 2. The number of ether oxygens (including phenoxy) is 1. The third-order valence-corrected chi connectivity index (χ3v) is 4.66. The summed E-state index contributed by atoms with van der Waals surface area (Å²) in [5, 5.41) is 3.15. The van der Waals surface area contributed by atoms with E-state index < -0.39 is 0 Å². The maximum Gasteiger partial charge on any atom is 0.234 e. The highest BCUT2D eigenvalue weighted by atomic mass is 35.5. The van der Waals surface area contributed by atoms with Crippen LogP contribution in [0.2, 0.25) is 5.02 Å². The third-order valence-electron chi connectivity index (χ3n) is 3.24. The van der Waals surface area contributed by atoms with E-state index in [2.05, 4.69) is 5.32 Å². The summed E-state index contributed by atoms with van der Waals surface area (Å²) in [6, 6.07) is 11.6. The van der Waals surface area contributed by atoms with Crippen LogP contribution in [-0.4, -0.2) is 18.8 Å². The van der Waals surface area contributed by atoms with Gasteiger partial charge in [-0.1, -0.05) is 29.8 Å². The van der Waals surface area contributed by atoms with Gasteiger partial charge in [0.05, 0.1) is 18.6 Å². The van der Waals surface area contributed by atoms with Crippen LogP contribution in [0.15, 0.2) is 42.5 Å². The molecule has 0 aromatic heterocycles. The number of anilines is 1. The van der Waals surface area contributed by atoms with Crippen molar-refractivity contribution in [1.82, 2.24) is 0 Å². The van der Waals surface area contributed by atoms with E-state index in [9.17, 15) is 9.18 Å². The maximum atomic E-state index is 13.7. The van der Waals surface area contributed by atoms with Crippen LogP contribution in [0.4, 0.5) is 10.1 Å². The van der Waals surface area contributed by atoms with Crippen LogP contribution >= 0.6 is 23.4 Å². The van der Waals surface area contributed by atoms with E-state index in [0.717, 1.165) is 0 Å². The van der Waals surface area contributed by atoms with Crippen molar-refractivity contribution in [1.29, 1.82) is 0 Å². The predicted octanol–water partition coefficient (Wildman–Crippen LogP) is 4.92. The van der Waals surface area contributed by atoms with Gasteiger partial charge in [0.2, 0.25) is 5.91 Å². The number of halogens is 2. The first-order valence-electron chi connectivity index (χ1n) is 7.00. The Bertz CT molecular complexity index is 696. The van der Waals surface area contributed by atoms with Crippen molar-refractivity contribution < 1.29 is 13.9 Å². The van der Waals surface area contributed by atoms with Gasteiger partial charge in [-0.2, -0.15) is 0 Å². The van der Waals surface area contributed by atoms with Gasteiger partial charge in [-0.05, 0) is 31.2 Å². The van der Waals surface area contributed by atoms with Gasteiger partial charge >= 0.3 is 0 Å². The first-order chi connectivity index (χ1) is 11.0. The van der Waals surface area contributed by atoms with Crippen molar-refractivity contribution >= 4 is 35.0 Å². The van der Waals surface area contributed by atoms with E-state index in [0.29, 0.717) is 22.0 Å². The summed E-state index contributed by atoms with van der Waals surface area (Å²) in [6.45, 7) is 1.87. The number of carbonyl (C=O) groups excluding carboxylic acids is 1. The Hall–Kier alpha value is -1.72. The quantitative estimate of drug-likeness (QED) is 0.801. The second-order valence-corrected chi connectivity index (χ2v) is 6.63. The van der Waals surface area contributed by atoms with Gasteiger partial charge in [-0.15, -0.1) is 11.8 Å². The van der Waals surface area contributed by atoms with Gasteiger partial charge in [0.15, 0.2) is 0 Å². The molecule has 2 aromatic carbocycles. The number of carbonyl (C=O) groups is 1. The molecule has 0 spiro atoms. The van der Waals surface area contributed by atoms with E-state index in [1.807, 2.05) is 6.92 Å². The standard InChI is InChI=1S/C17H17ClFNO2S/c1-11(13-5-3-4-6-14(13)19)23-10-17(21)20-15-9-12(18)7-8-16(15)22-2/h3-9,11H,10H2,1-2H3,(H,20,21). The monoisotopic (exact) mass is 353 g/mol. The Balaban J connectivity index is 1.95. The van der Waals surface area contributed by atoms with E-state index in [1.54, 1.807) is 36.4 Å². The molecular weight excluding hydrogens is 337 g/mol. The van der Waals surface area contributed by atoms with E-state index in [4.69, 9.17) is 16.3 Å². The second kappa shape index (κ2) is 8.22. The summed E-state index contributed by atoms with van der Waals surface area (Å²) in [4.78, 5) is 12.1. The van der Waals surface area contributed by atoms with Gasteiger partial charge in [-0.25, -0.2) is 4.39 Å². The van der Waals surface area contributed by atoms with E-state index in [-0.39, 0.29) is 22.7 Å². The van der Waals surface area contributed by atoms with Crippen LogP contribution in [0.1, 0.15) is 17.7 Å². The molecule has 0 saturated heterocycles. The fraction of sp³-hybridized carbons (Fsp3) is 0.235. The lowest BCUT2D eigenvalue weighted by Gasteiger charge is -2.13. The SMILES string of the molecule is COc1ccc(Cl)cc1NC(=O)CSC(C)c1ccccc1F. The molecule has 0 fully saturated rings. The van der Waals surface area contributed by atoms with Crippen molar-refractivity contribution in [3.05, 3.63) is 58.9 Å². The van der Waals surface area contributed by atoms with Crippen molar-refractivity contribution in [3.8, 4) is 5.75 Å². The Morgan fingerprint density at radius 3 is 2.78 bits per heavy atom. The van der Waals surface area contributed by atoms with Crippen LogP contribution in [0.3, 0.4) is 0 Å². The summed E-state index contributed by atoms with van der Waals surface area (Å²) in [7, 11) is 1.52. The molecule has 23 heavy (non-hydrogen) atoms. The zero-order valence-corrected chi connectivity index (χ0v) is 14.4. The van der Waals surface area contributed by atoms with Crippen molar-refractivity contribution in [2.75, 3.05) is 18.2 Å². The molecule has 2 aromatic rings. The Morgan fingerprint density at radius 1 is 1.35 bits per heavy atom.